The van der Waals surface area contributed by atoms with Crippen LogP contribution in [0.3, 0.4) is 0 Å². The summed E-state index contributed by atoms with van der Waals surface area (Å²) in [6.07, 6.45) is 4.77. The van der Waals surface area contributed by atoms with Crippen molar-refractivity contribution in [2.75, 3.05) is 0 Å². The van der Waals surface area contributed by atoms with Crippen LogP contribution in [0.25, 0.3) is 6.08 Å². The first-order chi connectivity index (χ1) is 11.2. The molecular weight excluding hydrogens is 288 g/mol. The Bertz CT molecular complexity index is 876. The van der Waals surface area contributed by atoms with Crippen LogP contribution in [0.2, 0.25) is 0 Å². The first kappa shape index (κ1) is 13.8. The lowest BCUT2D eigenvalue weighted by molar-refractivity contribution is -0.116. The van der Waals surface area contributed by atoms with E-state index >= 15 is 0 Å². The van der Waals surface area contributed by atoms with Crippen LogP contribution in [0.1, 0.15) is 38.9 Å². The molecule has 0 N–H and O–H groups in total. The van der Waals surface area contributed by atoms with E-state index in [4.69, 9.17) is 0 Å². The predicted molar refractivity (Wildman–Crippen MR) is 86.0 cm³/mol. The van der Waals surface area contributed by atoms with Gasteiger partial charge in [-0.1, -0.05) is 54.6 Å². The molecule has 111 valence electrons. The normalized spacial score (nSPS) is 22.7. The molecule has 0 fully saturated rings. The maximum Gasteiger partial charge on any atom is 0.229 e. The smallest absolute Gasteiger partial charge is 0.229 e. The average molecular weight is 301 g/mol. The van der Waals surface area contributed by atoms with Crippen LogP contribution in [0.15, 0.2) is 54.6 Å². The molecule has 0 saturated heterocycles. The Labute approximate surface area is 133 Å². The van der Waals surface area contributed by atoms with Gasteiger partial charge in [0.05, 0.1) is 5.92 Å². The lowest BCUT2D eigenvalue weighted by Crippen LogP contribution is -2.32. The van der Waals surface area contributed by atoms with E-state index in [1.165, 1.54) is 6.42 Å². The zero-order valence-electron chi connectivity index (χ0n) is 12.2. The average Bonchev–Trinajstić information content (AvgIpc) is 2.58. The first-order valence-corrected chi connectivity index (χ1v) is 7.50. The van der Waals surface area contributed by atoms with Gasteiger partial charge in [-0.3, -0.25) is 14.4 Å². The van der Waals surface area contributed by atoms with Gasteiger partial charge in [-0.15, -0.1) is 0 Å². The standard InChI is InChI=1S/C20H13O3/c21-17-10-9-12-5-1-2-6-13(12)19(17)16-11-18(22)20(23)15-8-4-3-7-14(15)16/h1-11,16,19H. The maximum absolute atomic E-state index is 12.6. The highest BCUT2D eigenvalue weighted by atomic mass is 16.2. The van der Waals surface area contributed by atoms with Crippen LogP contribution >= 0.6 is 0 Å². The van der Waals surface area contributed by atoms with E-state index in [0.717, 1.165) is 16.7 Å². The fraction of sp³-hybridized carbons (Fsp3) is 0.100. The van der Waals surface area contributed by atoms with Crippen LogP contribution in [-0.4, -0.2) is 17.3 Å². The lowest BCUT2D eigenvalue weighted by Gasteiger charge is -2.32. The van der Waals surface area contributed by atoms with Crippen molar-refractivity contribution >= 4 is 23.4 Å². The van der Waals surface area contributed by atoms with Gasteiger partial charge in [-0.05, 0) is 22.8 Å². The fourth-order valence-electron chi connectivity index (χ4n) is 3.48. The molecule has 0 heterocycles. The molecule has 3 heteroatoms. The van der Waals surface area contributed by atoms with Gasteiger partial charge in [-0.25, -0.2) is 0 Å². The molecule has 0 spiro atoms. The van der Waals surface area contributed by atoms with Crippen molar-refractivity contribution < 1.29 is 14.4 Å². The molecule has 1 radical (unpaired) electrons. The molecule has 2 atom stereocenters. The Morgan fingerprint density at radius 1 is 0.739 bits per heavy atom. The maximum atomic E-state index is 12.6. The van der Waals surface area contributed by atoms with Gasteiger partial charge in [0.15, 0.2) is 5.78 Å². The SMILES string of the molecule is O=C1[CH]C(C2C(=O)C=Cc3ccccc32)c2ccccc2C1=O. The Balaban J connectivity index is 1.89. The van der Waals surface area contributed by atoms with Crippen LogP contribution in [-0.2, 0) is 9.59 Å². The van der Waals surface area contributed by atoms with Crippen molar-refractivity contribution in [2.24, 2.45) is 0 Å². The minimum atomic E-state index is -0.534. The second kappa shape index (κ2) is 5.13. The van der Waals surface area contributed by atoms with Gasteiger partial charge < -0.3 is 0 Å². The molecule has 2 aromatic rings. The zero-order valence-corrected chi connectivity index (χ0v) is 12.2. The number of carbonyl (C=O) groups excluding carboxylic acids is 3. The topological polar surface area (TPSA) is 51.2 Å². The van der Waals surface area contributed by atoms with Crippen molar-refractivity contribution in [3.63, 3.8) is 0 Å². The summed E-state index contributed by atoms with van der Waals surface area (Å²) in [5.41, 5.74) is 3.04. The van der Waals surface area contributed by atoms with Crippen LogP contribution in [0.5, 0.6) is 0 Å². The predicted octanol–water partition coefficient (Wildman–Crippen LogP) is 3.12. The molecule has 2 aliphatic rings. The van der Waals surface area contributed by atoms with E-state index in [9.17, 15) is 14.4 Å². The number of fused-ring (bicyclic) bond motifs is 2. The Morgan fingerprint density at radius 2 is 1.43 bits per heavy atom. The number of allylic oxidation sites excluding steroid dienone is 1. The zero-order chi connectivity index (χ0) is 16.0. The number of rotatable bonds is 1. The van der Waals surface area contributed by atoms with Gasteiger partial charge in [0.1, 0.15) is 0 Å². The number of benzene rings is 2. The molecular formula is C20H13O3. The van der Waals surface area contributed by atoms with Crippen molar-refractivity contribution in [3.05, 3.63) is 83.3 Å². The van der Waals surface area contributed by atoms with Crippen molar-refractivity contribution in [1.29, 1.82) is 0 Å². The molecule has 23 heavy (non-hydrogen) atoms. The van der Waals surface area contributed by atoms with Gasteiger partial charge in [0.2, 0.25) is 11.6 Å². The third kappa shape index (κ3) is 2.08. The minimum absolute atomic E-state index is 0.0399. The molecule has 0 bridgehead atoms. The van der Waals surface area contributed by atoms with Crippen LogP contribution in [0.4, 0.5) is 0 Å². The molecule has 0 saturated carbocycles. The molecule has 0 aromatic heterocycles. The second-order valence-corrected chi connectivity index (χ2v) is 5.82. The molecule has 0 amide bonds. The van der Waals surface area contributed by atoms with E-state index in [0.29, 0.717) is 5.56 Å². The summed E-state index contributed by atoms with van der Waals surface area (Å²) >= 11 is 0. The Morgan fingerprint density at radius 3 is 2.26 bits per heavy atom. The van der Waals surface area contributed by atoms with E-state index in [1.54, 1.807) is 24.3 Å². The molecule has 4 rings (SSSR count). The number of ketones is 3. The van der Waals surface area contributed by atoms with Gasteiger partial charge in [-0.2, -0.15) is 0 Å². The van der Waals surface area contributed by atoms with Crippen molar-refractivity contribution in [1.82, 2.24) is 0 Å². The molecule has 2 unspecified atom stereocenters. The van der Waals surface area contributed by atoms with Gasteiger partial charge >= 0.3 is 0 Å². The molecule has 0 aliphatic heterocycles. The quantitative estimate of drug-likeness (QED) is 0.760. The van der Waals surface area contributed by atoms with Crippen LogP contribution in [0, 0.1) is 6.42 Å². The highest BCUT2D eigenvalue weighted by Crippen LogP contribution is 2.43. The van der Waals surface area contributed by atoms with E-state index < -0.39 is 23.4 Å². The van der Waals surface area contributed by atoms with E-state index in [2.05, 4.69) is 0 Å². The molecule has 2 aliphatic carbocycles. The highest BCUT2D eigenvalue weighted by Gasteiger charge is 2.40. The number of hydrogen-bond donors (Lipinski definition) is 0. The second-order valence-electron chi connectivity index (χ2n) is 5.82. The van der Waals surface area contributed by atoms with Crippen molar-refractivity contribution in [3.8, 4) is 0 Å². The summed E-state index contributed by atoms with van der Waals surface area (Å²) in [4.78, 5) is 36.7. The minimum Gasteiger partial charge on any atom is -0.294 e. The van der Waals surface area contributed by atoms with E-state index in [1.807, 2.05) is 36.4 Å². The van der Waals surface area contributed by atoms with Crippen molar-refractivity contribution in [2.45, 2.75) is 11.8 Å². The van der Waals surface area contributed by atoms with Gasteiger partial charge in [0.25, 0.3) is 0 Å². The monoisotopic (exact) mass is 301 g/mol. The third-order valence-corrected chi connectivity index (χ3v) is 4.54. The number of carbonyl (C=O) groups is 3. The number of Topliss-reactive ketones (excluding diaryl/α,β-unsaturated/α-hetero) is 2. The summed E-state index contributed by atoms with van der Waals surface area (Å²) in [5.74, 6) is -1.94. The summed E-state index contributed by atoms with van der Waals surface area (Å²) < 4.78 is 0. The summed E-state index contributed by atoms with van der Waals surface area (Å²) in [6, 6.07) is 14.7. The van der Waals surface area contributed by atoms with Gasteiger partial charge in [0, 0.05) is 17.9 Å². The highest BCUT2D eigenvalue weighted by molar-refractivity contribution is 6.48. The largest absolute Gasteiger partial charge is 0.294 e. The Kier molecular flexibility index (Phi) is 3.08. The fourth-order valence-corrected chi connectivity index (χ4v) is 3.48. The summed E-state index contributed by atoms with van der Waals surface area (Å²) in [7, 11) is 0. The Hall–Kier alpha value is -2.81. The van der Waals surface area contributed by atoms with Crippen LogP contribution < -0.4 is 0 Å². The first-order valence-electron chi connectivity index (χ1n) is 7.50. The summed E-state index contributed by atoms with van der Waals surface area (Å²) in [5, 5.41) is 0. The number of hydrogen-bond acceptors (Lipinski definition) is 3. The van der Waals surface area contributed by atoms with E-state index in [-0.39, 0.29) is 5.78 Å². The molecule has 3 nitrogen and oxygen atoms in total. The third-order valence-electron chi connectivity index (χ3n) is 4.54. The summed E-state index contributed by atoms with van der Waals surface area (Å²) in [6.45, 7) is 0. The molecule has 2 aromatic carbocycles. The lowest BCUT2D eigenvalue weighted by atomic mass is 9.69.